The summed E-state index contributed by atoms with van der Waals surface area (Å²) in [5.41, 5.74) is -1.75. The van der Waals surface area contributed by atoms with Gasteiger partial charge in [0.2, 0.25) is 0 Å². The maximum absolute atomic E-state index is 12.7. The predicted molar refractivity (Wildman–Crippen MR) is 99.8 cm³/mol. The van der Waals surface area contributed by atoms with E-state index in [-0.39, 0.29) is 24.2 Å². The van der Waals surface area contributed by atoms with Crippen LogP contribution in [0.1, 0.15) is 61.3 Å². The van der Waals surface area contributed by atoms with E-state index < -0.39 is 41.1 Å². The predicted octanol–water partition coefficient (Wildman–Crippen LogP) is 2.20. The zero-order valence-electron chi connectivity index (χ0n) is 16.8. The maximum Gasteiger partial charge on any atom is 0.407 e. The molecule has 0 aromatic heterocycles. The number of fused-ring (bicyclic) bond motifs is 1. The molecule has 1 fully saturated rings. The first kappa shape index (κ1) is 20.8. The molecule has 3 rings (SSSR count). The number of nitrogens with one attached hydrogen (secondary N) is 1. The Morgan fingerprint density at radius 3 is 2.31 bits per heavy atom. The summed E-state index contributed by atoms with van der Waals surface area (Å²) in [4.78, 5) is 54.6. The van der Waals surface area contributed by atoms with Gasteiger partial charge in [0.05, 0.1) is 17.7 Å². The number of carbonyl (C=O) groups is 4. The molecule has 0 aliphatic carbocycles. The van der Waals surface area contributed by atoms with Gasteiger partial charge in [-0.2, -0.15) is 0 Å². The van der Waals surface area contributed by atoms with E-state index in [1.165, 1.54) is 19.1 Å². The highest BCUT2D eigenvalue weighted by atomic mass is 16.7. The summed E-state index contributed by atoms with van der Waals surface area (Å²) in [5.74, 6) is -2.30. The van der Waals surface area contributed by atoms with Crippen molar-refractivity contribution in [2.45, 2.75) is 57.8 Å². The Hall–Kier alpha value is -2.94. The van der Waals surface area contributed by atoms with Gasteiger partial charge in [0.15, 0.2) is 5.60 Å². The number of hydrogen-bond acceptors (Lipinski definition) is 7. The second-order valence-electron chi connectivity index (χ2n) is 8.24. The highest BCUT2D eigenvalue weighted by Crippen LogP contribution is 2.29. The van der Waals surface area contributed by atoms with Crippen LogP contribution in [0.25, 0.3) is 0 Å². The number of hydrogen-bond donors (Lipinski definition) is 1. The molecule has 0 bridgehead atoms. The van der Waals surface area contributed by atoms with Crippen LogP contribution in [0.3, 0.4) is 0 Å². The summed E-state index contributed by atoms with van der Waals surface area (Å²) >= 11 is 0. The number of nitrogens with zero attached hydrogens (tertiary/aromatic N) is 1. The molecule has 1 aromatic rings. The van der Waals surface area contributed by atoms with Crippen LogP contribution in [-0.2, 0) is 19.1 Å². The number of benzene rings is 1. The van der Waals surface area contributed by atoms with Gasteiger partial charge in [-0.3, -0.25) is 9.59 Å². The van der Waals surface area contributed by atoms with Gasteiger partial charge in [-0.1, -0.05) is 17.2 Å². The van der Waals surface area contributed by atoms with Gasteiger partial charge in [-0.15, -0.1) is 0 Å². The van der Waals surface area contributed by atoms with Crippen LogP contribution in [0.4, 0.5) is 4.79 Å². The molecular formula is C20H24N2O7. The molecule has 2 heterocycles. The molecule has 2 atom stereocenters. The number of ether oxygens (including phenoxy) is 2. The van der Waals surface area contributed by atoms with Crippen molar-refractivity contribution in [2.24, 2.45) is 0 Å². The molecule has 2 unspecified atom stereocenters. The summed E-state index contributed by atoms with van der Waals surface area (Å²) in [7, 11) is 0. The minimum absolute atomic E-state index is 0.105. The van der Waals surface area contributed by atoms with Crippen LogP contribution in [0.2, 0.25) is 0 Å². The van der Waals surface area contributed by atoms with E-state index in [9.17, 15) is 19.2 Å². The second-order valence-corrected chi connectivity index (χ2v) is 8.24. The third-order valence-electron chi connectivity index (χ3n) is 4.61. The first-order valence-electron chi connectivity index (χ1n) is 9.34. The number of imide groups is 1. The Morgan fingerprint density at radius 1 is 1.17 bits per heavy atom. The lowest BCUT2D eigenvalue weighted by Gasteiger charge is -2.36. The number of alkyl carbamates (subject to hydrolysis) is 1. The van der Waals surface area contributed by atoms with Gasteiger partial charge < -0.3 is 19.6 Å². The van der Waals surface area contributed by atoms with Crippen molar-refractivity contribution >= 4 is 23.9 Å². The third kappa shape index (κ3) is 4.40. The van der Waals surface area contributed by atoms with Crippen molar-refractivity contribution in [2.75, 3.05) is 6.61 Å². The van der Waals surface area contributed by atoms with Gasteiger partial charge in [-0.05, 0) is 46.2 Å². The van der Waals surface area contributed by atoms with Gasteiger partial charge in [0.1, 0.15) is 5.60 Å². The average molecular weight is 404 g/mol. The van der Waals surface area contributed by atoms with Crippen molar-refractivity contribution < 1.29 is 33.5 Å². The van der Waals surface area contributed by atoms with Gasteiger partial charge in [0, 0.05) is 12.5 Å². The summed E-state index contributed by atoms with van der Waals surface area (Å²) in [6.07, 6.45) is -0.0101. The van der Waals surface area contributed by atoms with Crippen molar-refractivity contribution in [3.63, 3.8) is 0 Å². The van der Waals surface area contributed by atoms with E-state index in [0.29, 0.717) is 11.5 Å². The molecule has 9 heteroatoms. The molecule has 0 spiro atoms. The lowest BCUT2D eigenvalue weighted by Crippen LogP contribution is -2.53. The zero-order chi connectivity index (χ0) is 21.4. The minimum Gasteiger partial charge on any atom is -0.444 e. The average Bonchev–Trinajstić information content (AvgIpc) is 2.85. The lowest BCUT2D eigenvalue weighted by molar-refractivity contribution is -0.200. The zero-order valence-corrected chi connectivity index (χ0v) is 16.8. The van der Waals surface area contributed by atoms with Gasteiger partial charge in [-0.25, -0.2) is 9.59 Å². The fourth-order valence-corrected chi connectivity index (χ4v) is 3.23. The van der Waals surface area contributed by atoms with Crippen molar-refractivity contribution in [1.29, 1.82) is 0 Å². The first-order chi connectivity index (χ1) is 13.5. The Morgan fingerprint density at radius 2 is 1.76 bits per heavy atom. The van der Waals surface area contributed by atoms with E-state index in [4.69, 9.17) is 14.3 Å². The Bertz CT molecular complexity index is 826. The van der Waals surface area contributed by atoms with E-state index in [1.807, 2.05) is 0 Å². The topological polar surface area (TPSA) is 111 Å². The number of rotatable bonds is 3. The molecule has 29 heavy (non-hydrogen) atoms. The summed E-state index contributed by atoms with van der Waals surface area (Å²) < 4.78 is 10.8. The Balaban J connectivity index is 1.65. The number of carbonyl (C=O) groups excluding carboxylic acids is 4. The molecule has 1 saturated heterocycles. The number of amides is 3. The molecule has 1 aromatic carbocycles. The van der Waals surface area contributed by atoms with E-state index in [2.05, 4.69) is 5.32 Å². The highest BCUT2D eigenvalue weighted by Gasteiger charge is 2.46. The van der Waals surface area contributed by atoms with E-state index in [0.717, 1.165) is 0 Å². The Kier molecular flexibility index (Phi) is 5.36. The van der Waals surface area contributed by atoms with Crippen LogP contribution in [0, 0.1) is 0 Å². The first-order valence-corrected chi connectivity index (χ1v) is 9.34. The molecule has 2 aliphatic rings. The van der Waals surface area contributed by atoms with Gasteiger partial charge in [0.25, 0.3) is 11.8 Å². The normalized spacial score (nSPS) is 24.1. The monoisotopic (exact) mass is 404 g/mol. The van der Waals surface area contributed by atoms with Gasteiger partial charge >= 0.3 is 12.1 Å². The number of hydroxylamine groups is 2. The highest BCUT2D eigenvalue weighted by molar-refractivity contribution is 6.20. The third-order valence-corrected chi connectivity index (χ3v) is 4.61. The van der Waals surface area contributed by atoms with Crippen LogP contribution in [0.15, 0.2) is 24.3 Å². The smallest absolute Gasteiger partial charge is 0.407 e. The molecule has 0 saturated carbocycles. The molecule has 0 radical (unpaired) electrons. The largest absolute Gasteiger partial charge is 0.444 e. The standard InChI is InChI=1S/C20H24N2O7/c1-19(2,3)28-18(26)21-12-9-10-27-20(4,11-12)17(25)29-22-15(23)13-7-5-6-8-14(13)16(22)24/h5-8,12H,9-11H2,1-4H3,(H,21,26). The van der Waals surface area contributed by atoms with Crippen molar-refractivity contribution in [1.82, 2.24) is 10.4 Å². The van der Waals surface area contributed by atoms with Crippen molar-refractivity contribution in [3.8, 4) is 0 Å². The maximum atomic E-state index is 12.7. The summed E-state index contributed by atoms with van der Waals surface area (Å²) in [6, 6.07) is 5.83. The van der Waals surface area contributed by atoms with Crippen molar-refractivity contribution in [3.05, 3.63) is 35.4 Å². The van der Waals surface area contributed by atoms with Crippen LogP contribution in [0.5, 0.6) is 0 Å². The van der Waals surface area contributed by atoms with E-state index >= 15 is 0 Å². The fourth-order valence-electron chi connectivity index (χ4n) is 3.23. The fraction of sp³-hybridized carbons (Fsp3) is 0.500. The molecule has 3 amide bonds. The Labute approximate surface area is 168 Å². The van der Waals surface area contributed by atoms with Crippen LogP contribution in [-0.4, -0.2) is 52.8 Å². The van der Waals surface area contributed by atoms with E-state index in [1.54, 1.807) is 32.9 Å². The van der Waals surface area contributed by atoms with Crippen LogP contribution < -0.4 is 5.32 Å². The lowest BCUT2D eigenvalue weighted by atomic mass is 9.92. The quantitative estimate of drug-likeness (QED) is 0.769. The molecule has 2 aliphatic heterocycles. The SMILES string of the molecule is CC(C)(C)OC(=O)NC1CCOC(C)(C(=O)ON2C(=O)c3ccccc3C2=O)C1. The molecule has 1 N–H and O–H groups in total. The molecule has 9 nitrogen and oxygen atoms in total. The molecular weight excluding hydrogens is 380 g/mol. The molecule has 156 valence electrons. The summed E-state index contributed by atoms with van der Waals surface area (Å²) in [5, 5.41) is 3.17. The minimum atomic E-state index is -1.44. The summed E-state index contributed by atoms with van der Waals surface area (Å²) in [6.45, 7) is 6.94. The second kappa shape index (κ2) is 7.47. The van der Waals surface area contributed by atoms with Crippen LogP contribution >= 0.6 is 0 Å².